The van der Waals surface area contributed by atoms with Crippen molar-refractivity contribution in [2.45, 2.75) is 12.8 Å². The molecule has 1 unspecified atom stereocenters. The van der Waals surface area contributed by atoms with Crippen LogP contribution in [0.2, 0.25) is 0 Å². The summed E-state index contributed by atoms with van der Waals surface area (Å²) in [5, 5.41) is 2.94. The Morgan fingerprint density at radius 3 is 2.56 bits per heavy atom. The molecule has 142 valence electrons. The van der Waals surface area contributed by atoms with E-state index in [2.05, 4.69) is 40.2 Å². The number of rotatable bonds is 6. The van der Waals surface area contributed by atoms with Gasteiger partial charge >= 0.3 is 0 Å². The molecule has 1 N–H and O–H groups in total. The van der Waals surface area contributed by atoms with Gasteiger partial charge in [0, 0.05) is 29.7 Å². The van der Waals surface area contributed by atoms with E-state index in [1.807, 2.05) is 48.5 Å². The molecule has 1 aliphatic rings. The Kier molecular flexibility index (Phi) is 6.29. The maximum Gasteiger partial charge on any atom is 0.229 e. The molecule has 5 nitrogen and oxygen atoms in total. The van der Waals surface area contributed by atoms with Crippen LogP contribution in [0.4, 0.5) is 11.4 Å². The number of amides is 2. The van der Waals surface area contributed by atoms with Crippen LogP contribution in [0.3, 0.4) is 0 Å². The Morgan fingerprint density at radius 2 is 1.89 bits per heavy atom. The van der Waals surface area contributed by atoms with Gasteiger partial charge in [0.1, 0.15) is 0 Å². The van der Waals surface area contributed by atoms with E-state index in [9.17, 15) is 9.59 Å². The average Bonchev–Trinajstić information content (AvgIpc) is 3.03. The lowest BCUT2D eigenvalue weighted by atomic mass is 10.1. The topological polar surface area (TPSA) is 52.7 Å². The minimum Gasteiger partial charge on any atom is -0.326 e. The normalized spacial score (nSPS) is 16.8. The Morgan fingerprint density at radius 1 is 1.19 bits per heavy atom. The number of para-hydroxylation sites is 1. The van der Waals surface area contributed by atoms with Crippen molar-refractivity contribution in [2.24, 2.45) is 5.92 Å². The molecule has 0 radical (unpaired) electrons. The molecule has 1 atom stereocenters. The zero-order valence-electron chi connectivity index (χ0n) is 15.6. The molecule has 0 spiro atoms. The lowest BCUT2D eigenvalue weighted by Gasteiger charge is -2.18. The number of hydrogen-bond donors (Lipinski definition) is 1. The number of nitrogens with zero attached hydrogens (tertiary/aromatic N) is 2. The first-order chi connectivity index (χ1) is 12.9. The third-order valence-electron chi connectivity index (χ3n) is 4.71. The maximum atomic E-state index is 12.6. The molecule has 0 saturated carbocycles. The van der Waals surface area contributed by atoms with Gasteiger partial charge in [-0.3, -0.25) is 9.59 Å². The van der Waals surface area contributed by atoms with Gasteiger partial charge in [-0.1, -0.05) is 24.3 Å². The molecule has 3 rings (SSSR count). The molecule has 6 heteroatoms. The summed E-state index contributed by atoms with van der Waals surface area (Å²) in [6, 6.07) is 15.5. The van der Waals surface area contributed by atoms with Crippen molar-refractivity contribution in [3.63, 3.8) is 0 Å². The van der Waals surface area contributed by atoms with Gasteiger partial charge in [-0.25, -0.2) is 0 Å². The van der Waals surface area contributed by atoms with Crippen LogP contribution in [0.5, 0.6) is 0 Å². The third kappa shape index (κ3) is 4.96. The standard InChI is InChI=1S/C21H24BrN3O2/c1-24(2)12-11-15-7-9-17(10-8-15)23-21(27)16-13-20(26)25(14-16)19-6-4-3-5-18(19)22/h3-10,16H,11-14H2,1-2H3,(H,23,27). The molecular weight excluding hydrogens is 406 g/mol. The third-order valence-corrected chi connectivity index (χ3v) is 5.38. The second kappa shape index (κ2) is 8.67. The zero-order chi connectivity index (χ0) is 19.4. The summed E-state index contributed by atoms with van der Waals surface area (Å²) >= 11 is 3.48. The van der Waals surface area contributed by atoms with E-state index in [1.54, 1.807) is 4.90 Å². The van der Waals surface area contributed by atoms with Crippen molar-refractivity contribution in [1.29, 1.82) is 0 Å². The van der Waals surface area contributed by atoms with Crippen LogP contribution >= 0.6 is 15.9 Å². The second-order valence-corrected chi connectivity index (χ2v) is 7.95. The van der Waals surface area contributed by atoms with Crippen molar-refractivity contribution in [3.8, 4) is 0 Å². The fourth-order valence-electron chi connectivity index (χ4n) is 3.14. The summed E-state index contributed by atoms with van der Waals surface area (Å²) < 4.78 is 0.854. The number of nitrogens with one attached hydrogen (secondary N) is 1. The molecule has 0 aromatic heterocycles. The molecule has 0 aliphatic carbocycles. The van der Waals surface area contributed by atoms with E-state index in [0.717, 1.165) is 28.8 Å². The van der Waals surface area contributed by atoms with E-state index in [0.29, 0.717) is 6.54 Å². The molecule has 2 amide bonds. The van der Waals surface area contributed by atoms with E-state index < -0.39 is 0 Å². The number of halogens is 1. The highest BCUT2D eigenvalue weighted by atomic mass is 79.9. The molecule has 0 bridgehead atoms. The molecule has 1 aliphatic heterocycles. The predicted molar refractivity (Wildman–Crippen MR) is 112 cm³/mol. The summed E-state index contributed by atoms with van der Waals surface area (Å²) in [6.07, 6.45) is 1.20. The van der Waals surface area contributed by atoms with Gasteiger partial charge in [-0.05, 0) is 66.3 Å². The van der Waals surface area contributed by atoms with Gasteiger partial charge in [0.15, 0.2) is 0 Å². The summed E-state index contributed by atoms with van der Waals surface area (Å²) in [5.74, 6) is -0.488. The molecular formula is C21H24BrN3O2. The predicted octanol–water partition coefficient (Wildman–Crippen LogP) is 3.54. The van der Waals surface area contributed by atoms with Crippen molar-refractivity contribution in [2.75, 3.05) is 37.4 Å². The molecule has 1 fully saturated rings. The van der Waals surface area contributed by atoms with Crippen molar-refractivity contribution < 1.29 is 9.59 Å². The summed E-state index contributed by atoms with van der Waals surface area (Å²) in [4.78, 5) is 28.8. The largest absolute Gasteiger partial charge is 0.326 e. The first-order valence-corrected chi connectivity index (χ1v) is 9.83. The van der Waals surface area contributed by atoms with Crippen molar-refractivity contribution in [1.82, 2.24) is 4.90 Å². The highest BCUT2D eigenvalue weighted by Crippen LogP contribution is 2.31. The van der Waals surface area contributed by atoms with Gasteiger partial charge in [-0.2, -0.15) is 0 Å². The second-order valence-electron chi connectivity index (χ2n) is 7.10. The molecule has 27 heavy (non-hydrogen) atoms. The molecule has 2 aromatic rings. The number of hydrogen-bond acceptors (Lipinski definition) is 3. The maximum absolute atomic E-state index is 12.6. The molecule has 2 aromatic carbocycles. The summed E-state index contributed by atoms with van der Waals surface area (Å²) in [7, 11) is 4.10. The Labute approximate surface area is 168 Å². The van der Waals surface area contributed by atoms with E-state index in [1.165, 1.54) is 5.56 Å². The smallest absolute Gasteiger partial charge is 0.229 e. The lowest BCUT2D eigenvalue weighted by molar-refractivity contribution is -0.122. The SMILES string of the molecule is CN(C)CCc1ccc(NC(=O)C2CC(=O)N(c3ccccc3Br)C2)cc1. The fourth-order valence-corrected chi connectivity index (χ4v) is 3.64. The van der Waals surface area contributed by atoms with Crippen LogP contribution in [0.25, 0.3) is 0 Å². The van der Waals surface area contributed by atoms with Gasteiger partial charge in [0.05, 0.1) is 11.6 Å². The highest BCUT2D eigenvalue weighted by Gasteiger charge is 2.35. The van der Waals surface area contributed by atoms with Crippen molar-refractivity contribution >= 4 is 39.1 Å². The van der Waals surface area contributed by atoms with Crippen molar-refractivity contribution in [3.05, 3.63) is 58.6 Å². The average molecular weight is 430 g/mol. The van der Waals surface area contributed by atoms with E-state index >= 15 is 0 Å². The Hall–Kier alpha value is -2.18. The first-order valence-electron chi connectivity index (χ1n) is 9.03. The Balaban J connectivity index is 1.60. The number of likely N-dealkylation sites (N-methyl/N-ethyl adjacent to an activating group) is 1. The molecule has 1 heterocycles. The fraction of sp³-hybridized carbons (Fsp3) is 0.333. The number of carbonyl (C=O) groups is 2. The van der Waals surface area contributed by atoms with Crippen LogP contribution in [0.15, 0.2) is 53.0 Å². The van der Waals surface area contributed by atoms with Gasteiger partial charge in [-0.15, -0.1) is 0 Å². The van der Waals surface area contributed by atoms with Crippen LogP contribution in [-0.4, -0.2) is 43.9 Å². The minimum atomic E-state index is -0.349. The first kappa shape index (κ1) is 19.6. The number of carbonyl (C=O) groups excluding carboxylic acids is 2. The zero-order valence-corrected chi connectivity index (χ0v) is 17.2. The minimum absolute atomic E-state index is 0.0268. The highest BCUT2D eigenvalue weighted by molar-refractivity contribution is 9.10. The Bertz CT molecular complexity index is 820. The summed E-state index contributed by atoms with van der Waals surface area (Å²) in [6.45, 7) is 1.38. The molecule has 1 saturated heterocycles. The van der Waals surface area contributed by atoms with Crippen LogP contribution in [0.1, 0.15) is 12.0 Å². The van der Waals surface area contributed by atoms with Crippen LogP contribution in [-0.2, 0) is 16.0 Å². The van der Waals surface area contributed by atoms with Gasteiger partial charge in [0.2, 0.25) is 11.8 Å². The van der Waals surface area contributed by atoms with Crippen LogP contribution < -0.4 is 10.2 Å². The summed E-state index contributed by atoms with van der Waals surface area (Å²) in [5.41, 5.74) is 2.81. The lowest BCUT2D eigenvalue weighted by Crippen LogP contribution is -2.28. The monoisotopic (exact) mass is 429 g/mol. The number of benzene rings is 2. The van der Waals surface area contributed by atoms with E-state index in [4.69, 9.17) is 0 Å². The number of anilines is 2. The van der Waals surface area contributed by atoms with Gasteiger partial charge in [0.25, 0.3) is 0 Å². The van der Waals surface area contributed by atoms with E-state index in [-0.39, 0.29) is 24.2 Å². The quantitative estimate of drug-likeness (QED) is 0.763. The van der Waals surface area contributed by atoms with Gasteiger partial charge < -0.3 is 15.1 Å². The van der Waals surface area contributed by atoms with Crippen LogP contribution in [0, 0.1) is 5.92 Å².